The topological polar surface area (TPSA) is 89.2 Å². The molecule has 1 aliphatic rings. The van der Waals surface area contributed by atoms with E-state index in [1.807, 2.05) is 23.1 Å². The number of piperidine rings is 1. The summed E-state index contributed by atoms with van der Waals surface area (Å²) in [6, 6.07) is 9.42. The van der Waals surface area contributed by atoms with E-state index in [0.717, 1.165) is 36.4 Å². The van der Waals surface area contributed by atoms with Crippen LogP contribution in [0.5, 0.6) is 0 Å². The minimum atomic E-state index is 0.00979. The van der Waals surface area contributed by atoms with Crippen molar-refractivity contribution in [2.75, 3.05) is 6.54 Å². The number of nitrogens with zero attached hydrogens (tertiary/aromatic N) is 4. The predicted molar refractivity (Wildman–Crippen MR) is 108 cm³/mol. The lowest BCUT2D eigenvalue weighted by molar-refractivity contribution is -0.135. The Morgan fingerprint density at radius 2 is 2.10 bits per heavy atom. The van der Waals surface area contributed by atoms with Gasteiger partial charge in [0.2, 0.25) is 11.8 Å². The molecule has 3 aromatic rings. The highest BCUT2D eigenvalue weighted by Gasteiger charge is 2.28. The van der Waals surface area contributed by atoms with E-state index in [2.05, 4.69) is 15.2 Å². The summed E-state index contributed by atoms with van der Waals surface area (Å²) in [5.74, 6) is 0.900. The molecule has 7 nitrogen and oxygen atoms in total. The molecule has 0 N–H and O–H groups in total. The van der Waals surface area contributed by atoms with Crippen molar-refractivity contribution in [1.82, 2.24) is 20.1 Å². The van der Waals surface area contributed by atoms with E-state index in [9.17, 15) is 9.59 Å². The van der Waals surface area contributed by atoms with Crippen molar-refractivity contribution in [2.45, 2.75) is 45.1 Å². The van der Waals surface area contributed by atoms with Gasteiger partial charge in [-0.1, -0.05) is 6.07 Å². The highest BCUT2D eigenvalue weighted by Crippen LogP contribution is 2.31. The van der Waals surface area contributed by atoms with Gasteiger partial charge in [0.25, 0.3) is 5.89 Å². The van der Waals surface area contributed by atoms with Gasteiger partial charge in [-0.25, -0.2) is 0 Å². The van der Waals surface area contributed by atoms with Gasteiger partial charge >= 0.3 is 0 Å². The average Bonchev–Trinajstić information content (AvgIpc) is 3.42. The maximum atomic E-state index is 12.9. The molecule has 1 atom stereocenters. The third-order valence-corrected chi connectivity index (χ3v) is 6.21. The number of thiophene rings is 1. The maximum absolute atomic E-state index is 12.9. The lowest BCUT2D eigenvalue weighted by atomic mass is 9.98. The summed E-state index contributed by atoms with van der Waals surface area (Å²) in [5.41, 5.74) is 0.944. The van der Waals surface area contributed by atoms with Crippen LogP contribution in [0.2, 0.25) is 0 Å². The second-order valence-electron chi connectivity index (χ2n) is 7.07. The Kier molecular flexibility index (Phi) is 5.80. The minimum Gasteiger partial charge on any atom is -0.420 e. The minimum absolute atomic E-state index is 0.00979. The van der Waals surface area contributed by atoms with Gasteiger partial charge in [0, 0.05) is 25.6 Å². The van der Waals surface area contributed by atoms with E-state index in [0.29, 0.717) is 29.5 Å². The van der Waals surface area contributed by atoms with Gasteiger partial charge in [-0.2, -0.15) is 0 Å². The van der Waals surface area contributed by atoms with Crippen LogP contribution in [-0.4, -0.2) is 38.3 Å². The molecule has 0 aliphatic carbocycles. The fraction of sp³-hybridized carbons (Fsp3) is 0.381. The van der Waals surface area contributed by atoms with E-state index in [4.69, 9.17) is 4.42 Å². The zero-order valence-corrected chi connectivity index (χ0v) is 17.0. The van der Waals surface area contributed by atoms with Crippen molar-refractivity contribution in [3.8, 4) is 10.8 Å². The molecule has 3 aromatic heterocycles. The van der Waals surface area contributed by atoms with Crippen molar-refractivity contribution >= 4 is 23.0 Å². The standard InChI is InChI=1S/C21H22N4O3S/c1-14(26)17-8-9-18(29-17)21-24-23-19(28-21)10-11-20(27)25-13-5-3-7-16(25)15-6-2-4-12-22-15/h2,4,6,8-9,12,16H,3,5,7,10-11,13H2,1H3/t16-/m0/s1. The molecule has 150 valence electrons. The molecule has 1 aliphatic heterocycles. The van der Waals surface area contributed by atoms with E-state index in [1.54, 1.807) is 18.3 Å². The number of carbonyl (C=O) groups is 2. The summed E-state index contributed by atoms with van der Waals surface area (Å²) in [6.45, 7) is 2.28. The van der Waals surface area contributed by atoms with Crippen LogP contribution in [0.4, 0.5) is 0 Å². The van der Waals surface area contributed by atoms with Gasteiger partial charge < -0.3 is 9.32 Å². The highest BCUT2D eigenvalue weighted by atomic mass is 32.1. The van der Waals surface area contributed by atoms with E-state index >= 15 is 0 Å². The molecule has 0 bridgehead atoms. The molecular formula is C21H22N4O3S. The number of pyridine rings is 1. The number of hydrogen-bond acceptors (Lipinski definition) is 7. The molecule has 0 radical (unpaired) electrons. The Bertz CT molecular complexity index is 998. The van der Waals surface area contributed by atoms with Gasteiger partial charge in [0.05, 0.1) is 21.5 Å². The van der Waals surface area contributed by atoms with Crippen LogP contribution in [0.25, 0.3) is 10.8 Å². The molecule has 8 heteroatoms. The average molecular weight is 410 g/mol. The van der Waals surface area contributed by atoms with Crippen LogP contribution in [0, 0.1) is 0 Å². The maximum Gasteiger partial charge on any atom is 0.257 e. The number of hydrogen-bond donors (Lipinski definition) is 0. The monoisotopic (exact) mass is 410 g/mol. The quantitative estimate of drug-likeness (QED) is 0.569. The molecule has 0 aromatic carbocycles. The first-order valence-corrected chi connectivity index (χ1v) is 10.6. The lowest BCUT2D eigenvalue weighted by Gasteiger charge is -2.35. The number of aryl methyl sites for hydroxylation is 1. The van der Waals surface area contributed by atoms with Crippen LogP contribution < -0.4 is 0 Å². The first-order chi connectivity index (χ1) is 14.1. The number of aromatic nitrogens is 3. The van der Waals surface area contributed by atoms with Crippen molar-refractivity contribution in [3.05, 3.63) is 53.0 Å². The van der Waals surface area contributed by atoms with E-state index in [1.165, 1.54) is 18.3 Å². The van der Waals surface area contributed by atoms with E-state index < -0.39 is 0 Å². The Morgan fingerprint density at radius 1 is 1.21 bits per heavy atom. The molecule has 1 fully saturated rings. The molecule has 1 saturated heterocycles. The Hall–Kier alpha value is -2.87. The molecule has 29 heavy (non-hydrogen) atoms. The third-order valence-electron chi connectivity index (χ3n) is 5.04. The second kappa shape index (κ2) is 8.65. The summed E-state index contributed by atoms with van der Waals surface area (Å²) >= 11 is 1.32. The summed E-state index contributed by atoms with van der Waals surface area (Å²) in [7, 11) is 0. The number of Topliss-reactive ketones (excluding diaryl/α,β-unsaturated/α-hetero) is 1. The van der Waals surface area contributed by atoms with Crippen LogP contribution in [0.1, 0.15) is 59.9 Å². The fourth-order valence-electron chi connectivity index (χ4n) is 3.56. The predicted octanol–water partition coefficient (Wildman–Crippen LogP) is 4.08. The first kappa shape index (κ1) is 19.4. The summed E-state index contributed by atoms with van der Waals surface area (Å²) < 4.78 is 5.71. The molecule has 4 rings (SSSR count). The van der Waals surface area contributed by atoms with Gasteiger partial charge in [-0.05, 0) is 50.5 Å². The second-order valence-corrected chi connectivity index (χ2v) is 8.16. The Labute approximate surface area is 172 Å². The number of amides is 1. The van der Waals surface area contributed by atoms with Crippen molar-refractivity contribution in [1.29, 1.82) is 0 Å². The highest BCUT2D eigenvalue weighted by molar-refractivity contribution is 7.17. The molecule has 1 amide bonds. The van der Waals surface area contributed by atoms with Crippen LogP contribution >= 0.6 is 11.3 Å². The van der Waals surface area contributed by atoms with Crippen LogP contribution in [0.3, 0.4) is 0 Å². The lowest BCUT2D eigenvalue weighted by Crippen LogP contribution is -2.39. The Balaban J connectivity index is 1.40. The third kappa shape index (κ3) is 4.42. The largest absolute Gasteiger partial charge is 0.420 e. The zero-order valence-electron chi connectivity index (χ0n) is 16.2. The smallest absolute Gasteiger partial charge is 0.257 e. The normalized spacial score (nSPS) is 16.7. The SMILES string of the molecule is CC(=O)c1ccc(-c2nnc(CCC(=O)N3CCCC[C@H]3c3ccccn3)o2)s1. The van der Waals surface area contributed by atoms with Crippen LogP contribution in [0.15, 0.2) is 40.9 Å². The summed E-state index contributed by atoms with van der Waals surface area (Å²) in [5, 5.41) is 8.12. The summed E-state index contributed by atoms with van der Waals surface area (Å²) in [4.78, 5) is 32.1. The fourth-order valence-corrected chi connectivity index (χ4v) is 4.39. The van der Waals surface area contributed by atoms with Gasteiger partial charge in [-0.15, -0.1) is 21.5 Å². The molecule has 0 spiro atoms. The number of likely N-dealkylation sites (tertiary alicyclic amines) is 1. The number of rotatable bonds is 6. The summed E-state index contributed by atoms with van der Waals surface area (Å²) in [6.07, 6.45) is 5.52. The van der Waals surface area contributed by atoms with Gasteiger partial charge in [0.1, 0.15) is 0 Å². The van der Waals surface area contributed by atoms with E-state index in [-0.39, 0.29) is 17.7 Å². The number of carbonyl (C=O) groups excluding carboxylic acids is 2. The van der Waals surface area contributed by atoms with Crippen molar-refractivity contribution in [3.63, 3.8) is 0 Å². The van der Waals surface area contributed by atoms with Gasteiger partial charge in [0.15, 0.2) is 5.78 Å². The zero-order chi connectivity index (χ0) is 20.2. The molecular weight excluding hydrogens is 388 g/mol. The number of ketones is 1. The Morgan fingerprint density at radius 3 is 2.86 bits per heavy atom. The first-order valence-electron chi connectivity index (χ1n) is 9.76. The molecule has 0 unspecified atom stereocenters. The van der Waals surface area contributed by atoms with Crippen LogP contribution in [-0.2, 0) is 11.2 Å². The van der Waals surface area contributed by atoms with Crippen molar-refractivity contribution < 1.29 is 14.0 Å². The van der Waals surface area contributed by atoms with Gasteiger partial charge in [-0.3, -0.25) is 14.6 Å². The molecule has 4 heterocycles. The van der Waals surface area contributed by atoms with Crippen molar-refractivity contribution in [2.24, 2.45) is 0 Å². The molecule has 0 saturated carbocycles.